The highest BCUT2D eigenvalue weighted by atomic mass is 32.1. The Kier molecular flexibility index (Phi) is 5.70. The van der Waals surface area contributed by atoms with Gasteiger partial charge in [0.05, 0.1) is 13.2 Å². The summed E-state index contributed by atoms with van der Waals surface area (Å²) in [5.74, 6) is 1.06. The first-order valence-corrected chi connectivity index (χ1v) is 8.66. The molecule has 3 rings (SSSR count). The number of nitrogens with zero attached hydrogens (tertiary/aromatic N) is 2. The Morgan fingerprint density at radius 2 is 2.13 bits per heavy atom. The van der Waals surface area contributed by atoms with E-state index in [0.717, 1.165) is 63.2 Å². The van der Waals surface area contributed by atoms with E-state index < -0.39 is 0 Å². The van der Waals surface area contributed by atoms with E-state index in [4.69, 9.17) is 21.7 Å². The molecule has 126 valence electrons. The van der Waals surface area contributed by atoms with Crippen molar-refractivity contribution in [3.05, 3.63) is 29.3 Å². The fourth-order valence-electron chi connectivity index (χ4n) is 3.08. The molecule has 0 aliphatic carbocycles. The fraction of sp³-hybridized carbons (Fsp3) is 0.588. The highest BCUT2D eigenvalue weighted by Gasteiger charge is 2.19. The summed E-state index contributed by atoms with van der Waals surface area (Å²) in [6.07, 6.45) is 1.04. The van der Waals surface area contributed by atoms with Crippen molar-refractivity contribution >= 4 is 17.3 Å². The first-order chi connectivity index (χ1) is 11.3. The minimum absolute atomic E-state index is 0.683. The van der Waals surface area contributed by atoms with Gasteiger partial charge in [-0.25, -0.2) is 0 Å². The SMILES string of the molecule is COCCNC(=S)N1CCN(Cc2ccc3c(c2)CCO3)CC1. The number of hydrogen-bond donors (Lipinski definition) is 1. The number of methoxy groups -OCH3 is 1. The zero-order chi connectivity index (χ0) is 16.1. The van der Waals surface area contributed by atoms with Crippen LogP contribution in [0.1, 0.15) is 11.1 Å². The molecule has 0 unspecified atom stereocenters. The second-order valence-electron chi connectivity index (χ2n) is 6.03. The van der Waals surface area contributed by atoms with Crippen LogP contribution in [0.15, 0.2) is 18.2 Å². The Labute approximate surface area is 143 Å². The monoisotopic (exact) mass is 335 g/mol. The van der Waals surface area contributed by atoms with E-state index in [0.29, 0.717) is 6.61 Å². The summed E-state index contributed by atoms with van der Waals surface area (Å²) in [5.41, 5.74) is 2.73. The van der Waals surface area contributed by atoms with Gasteiger partial charge in [-0.2, -0.15) is 0 Å². The number of nitrogens with one attached hydrogen (secondary N) is 1. The molecule has 1 saturated heterocycles. The molecular formula is C17H25N3O2S. The van der Waals surface area contributed by atoms with Crippen molar-refractivity contribution in [2.75, 3.05) is 53.0 Å². The van der Waals surface area contributed by atoms with Crippen molar-refractivity contribution in [2.45, 2.75) is 13.0 Å². The lowest BCUT2D eigenvalue weighted by Gasteiger charge is -2.36. The lowest BCUT2D eigenvalue weighted by molar-refractivity contribution is 0.172. The van der Waals surface area contributed by atoms with E-state index in [1.54, 1.807) is 7.11 Å². The highest BCUT2D eigenvalue weighted by molar-refractivity contribution is 7.80. The topological polar surface area (TPSA) is 37.0 Å². The van der Waals surface area contributed by atoms with Gasteiger partial charge in [-0.3, -0.25) is 4.90 Å². The maximum atomic E-state index is 5.57. The summed E-state index contributed by atoms with van der Waals surface area (Å²) in [5, 5.41) is 4.09. The minimum atomic E-state index is 0.683. The molecule has 23 heavy (non-hydrogen) atoms. The number of hydrogen-bond acceptors (Lipinski definition) is 4. The zero-order valence-electron chi connectivity index (χ0n) is 13.7. The van der Waals surface area contributed by atoms with Gasteiger partial charge in [-0.05, 0) is 29.4 Å². The van der Waals surface area contributed by atoms with Gasteiger partial charge in [0.15, 0.2) is 5.11 Å². The van der Waals surface area contributed by atoms with E-state index >= 15 is 0 Å². The van der Waals surface area contributed by atoms with Crippen LogP contribution in [0.2, 0.25) is 0 Å². The number of benzene rings is 1. The van der Waals surface area contributed by atoms with Crippen molar-refractivity contribution in [1.29, 1.82) is 0 Å². The lowest BCUT2D eigenvalue weighted by atomic mass is 10.1. The van der Waals surface area contributed by atoms with Crippen LogP contribution in [0.4, 0.5) is 0 Å². The van der Waals surface area contributed by atoms with E-state index in [1.165, 1.54) is 11.1 Å². The summed E-state index contributed by atoms with van der Waals surface area (Å²) in [7, 11) is 1.70. The molecular weight excluding hydrogens is 310 g/mol. The number of rotatable bonds is 5. The molecule has 1 aromatic rings. The third kappa shape index (κ3) is 4.34. The summed E-state index contributed by atoms with van der Waals surface area (Å²) >= 11 is 5.44. The van der Waals surface area contributed by atoms with E-state index in [1.807, 2.05) is 0 Å². The molecule has 1 N–H and O–H groups in total. The van der Waals surface area contributed by atoms with Crippen LogP contribution >= 0.6 is 12.2 Å². The molecule has 0 aromatic heterocycles. The molecule has 1 fully saturated rings. The normalized spacial score (nSPS) is 17.7. The van der Waals surface area contributed by atoms with Crippen LogP contribution in [0.3, 0.4) is 0 Å². The molecule has 2 aliphatic heterocycles. The second-order valence-corrected chi connectivity index (χ2v) is 6.42. The van der Waals surface area contributed by atoms with Gasteiger partial charge >= 0.3 is 0 Å². The number of thiocarbonyl (C=S) groups is 1. The minimum Gasteiger partial charge on any atom is -0.493 e. The van der Waals surface area contributed by atoms with E-state index in [-0.39, 0.29) is 0 Å². The summed E-state index contributed by atoms with van der Waals surface area (Å²) in [4.78, 5) is 4.74. The molecule has 1 aromatic carbocycles. The van der Waals surface area contributed by atoms with Crippen molar-refractivity contribution in [3.8, 4) is 5.75 Å². The smallest absolute Gasteiger partial charge is 0.169 e. The Morgan fingerprint density at radius 1 is 1.30 bits per heavy atom. The number of fused-ring (bicyclic) bond motifs is 1. The molecule has 2 heterocycles. The van der Waals surface area contributed by atoms with Crippen LogP contribution in [-0.2, 0) is 17.7 Å². The number of ether oxygens (including phenoxy) is 2. The Morgan fingerprint density at radius 3 is 2.91 bits per heavy atom. The molecule has 2 aliphatic rings. The van der Waals surface area contributed by atoms with Gasteiger partial charge in [0, 0.05) is 52.8 Å². The zero-order valence-corrected chi connectivity index (χ0v) is 14.5. The third-order valence-electron chi connectivity index (χ3n) is 4.40. The van der Waals surface area contributed by atoms with Crippen LogP contribution in [0.25, 0.3) is 0 Å². The quantitative estimate of drug-likeness (QED) is 0.645. The molecule has 6 heteroatoms. The van der Waals surface area contributed by atoms with E-state index in [2.05, 4.69) is 33.3 Å². The van der Waals surface area contributed by atoms with Gasteiger partial charge in [0.1, 0.15) is 5.75 Å². The summed E-state index contributed by atoms with van der Waals surface area (Å²) in [6.45, 7) is 7.32. The predicted octanol–water partition coefficient (Wildman–Crippen LogP) is 1.26. The van der Waals surface area contributed by atoms with Crippen LogP contribution in [0.5, 0.6) is 5.75 Å². The van der Waals surface area contributed by atoms with Crippen LogP contribution < -0.4 is 10.1 Å². The number of piperazine rings is 1. The van der Waals surface area contributed by atoms with Gasteiger partial charge < -0.3 is 19.7 Å². The summed E-state index contributed by atoms with van der Waals surface area (Å²) < 4.78 is 10.6. The Bertz CT molecular complexity index is 545. The highest BCUT2D eigenvalue weighted by Crippen LogP contribution is 2.26. The van der Waals surface area contributed by atoms with Gasteiger partial charge in [-0.1, -0.05) is 12.1 Å². The largest absolute Gasteiger partial charge is 0.493 e. The molecule has 0 saturated carbocycles. The van der Waals surface area contributed by atoms with Crippen molar-refractivity contribution < 1.29 is 9.47 Å². The predicted molar refractivity (Wildman–Crippen MR) is 95.0 cm³/mol. The standard InChI is InChI=1S/C17H25N3O2S/c1-21-11-5-18-17(23)20-8-6-19(7-9-20)13-14-2-3-16-15(12-14)4-10-22-16/h2-3,12H,4-11,13H2,1H3,(H,18,23). The molecule has 0 atom stereocenters. The molecule has 0 amide bonds. The average molecular weight is 335 g/mol. The average Bonchev–Trinajstić information content (AvgIpc) is 3.03. The Balaban J connectivity index is 1.45. The fourth-order valence-corrected chi connectivity index (χ4v) is 3.36. The van der Waals surface area contributed by atoms with E-state index in [9.17, 15) is 0 Å². The van der Waals surface area contributed by atoms with Gasteiger partial charge in [0.25, 0.3) is 0 Å². The molecule has 0 spiro atoms. The van der Waals surface area contributed by atoms with Crippen molar-refractivity contribution in [2.24, 2.45) is 0 Å². The van der Waals surface area contributed by atoms with Gasteiger partial charge in [0.2, 0.25) is 0 Å². The van der Waals surface area contributed by atoms with Gasteiger partial charge in [-0.15, -0.1) is 0 Å². The summed E-state index contributed by atoms with van der Waals surface area (Å²) in [6, 6.07) is 6.60. The molecule has 0 bridgehead atoms. The molecule has 5 nitrogen and oxygen atoms in total. The molecule has 0 radical (unpaired) electrons. The second kappa shape index (κ2) is 7.95. The Hall–Kier alpha value is -1.37. The van der Waals surface area contributed by atoms with Crippen LogP contribution in [-0.4, -0.2) is 68.0 Å². The first kappa shape index (κ1) is 16.5. The van der Waals surface area contributed by atoms with Crippen molar-refractivity contribution in [1.82, 2.24) is 15.1 Å². The first-order valence-electron chi connectivity index (χ1n) is 8.25. The maximum absolute atomic E-state index is 5.57. The lowest BCUT2D eigenvalue weighted by Crippen LogP contribution is -2.51. The van der Waals surface area contributed by atoms with Crippen molar-refractivity contribution in [3.63, 3.8) is 0 Å². The third-order valence-corrected chi connectivity index (χ3v) is 4.80. The maximum Gasteiger partial charge on any atom is 0.169 e. The van der Waals surface area contributed by atoms with Crippen LogP contribution in [0, 0.1) is 0 Å².